The number of aromatic nitrogens is 1. The van der Waals surface area contributed by atoms with Crippen LogP contribution in [0.15, 0.2) is 45.0 Å². The highest BCUT2D eigenvalue weighted by Crippen LogP contribution is 2.27. The second kappa shape index (κ2) is 8.02. The fraction of sp³-hybridized carbons (Fsp3) is 0.381. The molecule has 1 aliphatic rings. The number of piperazine rings is 1. The van der Waals surface area contributed by atoms with Crippen LogP contribution in [-0.4, -0.2) is 48.8 Å². The zero-order chi connectivity index (χ0) is 20.6. The maximum atomic E-state index is 13.1. The van der Waals surface area contributed by atoms with Gasteiger partial charge in [0.05, 0.1) is 15.5 Å². The van der Waals surface area contributed by atoms with Crippen molar-refractivity contribution in [3.63, 3.8) is 0 Å². The highest BCUT2D eigenvalue weighted by molar-refractivity contribution is 7.89. The molecule has 0 atom stereocenters. The van der Waals surface area contributed by atoms with E-state index in [-0.39, 0.29) is 0 Å². The van der Waals surface area contributed by atoms with Crippen molar-refractivity contribution >= 4 is 21.4 Å². The van der Waals surface area contributed by atoms with Crippen LogP contribution in [0.25, 0.3) is 10.8 Å². The second-order valence-electron chi connectivity index (χ2n) is 7.45. The van der Waals surface area contributed by atoms with Crippen LogP contribution >= 0.6 is 11.3 Å². The van der Waals surface area contributed by atoms with Crippen LogP contribution in [0.4, 0.5) is 0 Å². The van der Waals surface area contributed by atoms with E-state index in [2.05, 4.69) is 9.88 Å². The average Bonchev–Trinajstić information content (AvgIpc) is 3.32. The first-order chi connectivity index (χ1) is 13.8. The number of hydrogen-bond donors (Lipinski definition) is 0. The third-order valence-electron chi connectivity index (χ3n) is 5.28. The van der Waals surface area contributed by atoms with Crippen LogP contribution in [0.2, 0.25) is 0 Å². The summed E-state index contributed by atoms with van der Waals surface area (Å²) in [6.45, 7) is 8.72. The second-order valence-corrected chi connectivity index (χ2v) is 10.3. The maximum absolute atomic E-state index is 13.1. The van der Waals surface area contributed by atoms with Gasteiger partial charge in [-0.25, -0.2) is 13.4 Å². The topological polar surface area (TPSA) is 66.7 Å². The van der Waals surface area contributed by atoms with Crippen molar-refractivity contribution in [2.45, 2.75) is 32.2 Å². The Morgan fingerprint density at radius 2 is 1.86 bits per heavy atom. The van der Waals surface area contributed by atoms with Crippen molar-refractivity contribution in [2.24, 2.45) is 0 Å². The van der Waals surface area contributed by atoms with Gasteiger partial charge in [0.1, 0.15) is 5.76 Å². The molecular formula is C21H25N3O3S2. The minimum Gasteiger partial charge on any atom is -0.440 e. The molecule has 3 heterocycles. The number of rotatable bonds is 5. The van der Waals surface area contributed by atoms with Gasteiger partial charge in [0.2, 0.25) is 15.9 Å². The van der Waals surface area contributed by atoms with Gasteiger partial charge in [0.15, 0.2) is 0 Å². The van der Waals surface area contributed by atoms with Gasteiger partial charge in [-0.2, -0.15) is 4.31 Å². The number of hydrogen-bond acceptors (Lipinski definition) is 6. The molecule has 0 saturated carbocycles. The molecule has 0 aliphatic carbocycles. The van der Waals surface area contributed by atoms with Crippen LogP contribution in [0.5, 0.6) is 0 Å². The molecule has 0 unspecified atom stereocenters. The summed E-state index contributed by atoms with van der Waals surface area (Å²) < 4.78 is 33.5. The van der Waals surface area contributed by atoms with E-state index in [1.165, 1.54) is 0 Å². The molecule has 0 N–H and O–H groups in total. The molecule has 2 aromatic heterocycles. The maximum Gasteiger partial charge on any atom is 0.243 e. The van der Waals surface area contributed by atoms with Crippen LogP contribution in [0.3, 0.4) is 0 Å². The Hall–Kier alpha value is -2.00. The summed E-state index contributed by atoms with van der Waals surface area (Å²) in [6.07, 6.45) is 0. The Bertz CT molecular complexity index is 1100. The molecule has 1 aromatic carbocycles. The smallest absolute Gasteiger partial charge is 0.243 e. The Labute approximate surface area is 175 Å². The number of sulfonamides is 1. The fourth-order valence-corrected chi connectivity index (χ4v) is 5.93. The zero-order valence-corrected chi connectivity index (χ0v) is 18.5. The quantitative estimate of drug-likeness (QED) is 0.614. The summed E-state index contributed by atoms with van der Waals surface area (Å²) in [7, 11) is -3.47. The molecule has 0 amide bonds. The van der Waals surface area contributed by atoms with E-state index < -0.39 is 10.0 Å². The van der Waals surface area contributed by atoms with Gasteiger partial charge in [-0.3, -0.25) is 4.90 Å². The molecule has 1 aliphatic heterocycles. The van der Waals surface area contributed by atoms with E-state index in [4.69, 9.17) is 4.42 Å². The van der Waals surface area contributed by atoms with E-state index in [1.807, 2.05) is 50.4 Å². The Balaban J connectivity index is 1.42. The molecule has 1 saturated heterocycles. The first-order valence-corrected chi connectivity index (χ1v) is 12.0. The van der Waals surface area contributed by atoms with Crippen molar-refractivity contribution in [3.8, 4) is 10.8 Å². The van der Waals surface area contributed by atoms with Gasteiger partial charge < -0.3 is 4.42 Å². The van der Waals surface area contributed by atoms with Gasteiger partial charge in [-0.1, -0.05) is 23.8 Å². The highest BCUT2D eigenvalue weighted by atomic mass is 32.2. The predicted molar refractivity (Wildman–Crippen MR) is 115 cm³/mol. The predicted octanol–water partition coefficient (Wildman–Crippen LogP) is 3.83. The normalized spacial score (nSPS) is 16.4. The first kappa shape index (κ1) is 20.3. The molecule has 6 nitrogen and oxygen atoms in total. The third-order valence-corrected chi connectivity index (χ3v) is 8.19. The third kappa shape index (κ3) is 4.16. The van der Waals surface area contributed by atoms with Crippen LogP contribution < -0.4 is 0 Å². The highest BCUT2D eigenvalue weighted by Gasteiger charge is 2.30. The van der Waals surface area contributed by atoms with E-state index >= 15 is 0 Å². The van der Waals surface area contributed by atoms with Gasteiger partial charge in [0.25, 0.3) is 0 Å². The molecule has 4 rings (SSSR count). The van der Waals surface area contributed by atoms with E-state index in [0.717, 1.165) is 27.5 Å². The molecule has 29 heavy (non-hydrogen) atoms. The Kier molecular flexibility index (Phi) is 5.61. The number of oxazole rings is 1. The molecule has 154 valence electrons. The van der Waals surface area contributed by atoms with Gasteiger partial charge in [-0.15, -0.1) is 11.3 Å². The van der Waals surface area contributed by atoms with Crippen molar-refractivity contribution in [1.82, 2.24) is 14.2 Å². The molecule has 0 bridgehead atoms. The molecule has 0 spiro atoms. The number of benzene rings is 1. The number of aryl methyl sites for hydroxylation is 3. The standard InChI is InChI=1S/C21H25N3O3S2/c1-15-6-7-20(16(2)13-15)29(25,26)24-10-8-23(9-11-24)14-18-17(3)27-21(22-18)19-5-4-12-28-19/h4-7,12-13H,8-11,14H2,1-3H3. The summed E-state index contributed by atoms with van der Waals surface area (Å²) in [4.78, 5) is 8.31. The first-order valence-electron chi connectivity index (χ1n) is 9.64. The summed E-state index contributed by atoms with van der Waals surface area (Å²) in [6, 6.07) is 9.47. The molecular weight excluding hydrogens is 406 g/mol. The summed E-state index contributed by atoms with van der Waals surface area (Å²) in [5, 5.41) is 2.00. The van der Waals surface area contributed by atoms with E-state index in [1.54, 1.807) is 21.7 Å². The Morgan fingerprint density at radius 1 is 1.10 bits per heavy atom. The summed E-state index contributed by atoms with van der Waals surface area (Å²) in [5.41, 5.74) is 2.78. The lowest BCUT2D eigenvalue weighted by Gasteiger charge is -2.33. The number of nitrogens with zero attached hydrogens (tertiary/aromatic N) is 3. The lowest BCUT2D eigenvalue weighted by molar-refractivity contribution is 0.179. The lowest BCUT2D eigenvalue weighted by atomic mass is 10.2. The monoisotopic (exact) mass is 431 g/mol. The minimum absolute atomic E-state index is 0.407. The molecule has 0 radical (unpaired) electrons. The van der Waals surface area contributed by atoms with Crippen molar-refractivity contribution < 1.29 is 12.8 Å². The number of thiophene rings is 1. The summed E-state index contributed by atoms with van der Waals surface area (Å²) >= 11 is 1.60. The SMILES string of the molecule is Cc1ccc(S(=O)(=O)N2CCN(Cc3nc(-c4cccs4)oc3C)CC2)c(C)c1. The van der Waals surface area contributed by atoms with Crippen LogP contribution in [-0.2, 0) is 16.6 Å². The molecule has 1 fully saturated rings. The van der Waals surface area contributed by atoms with Gasteiger partial charge >= 0.3 is 0 Å². The average molecular weight is 432 g/mol. The van der Waals surface area contributed by atoms with Crippen molar-refractivity contribution in [1.29, 1.82) is 0 Å². The van der Waals surface area contributed by atoms with E-state index in [9.17, 15) is 8.42 Å². The van der Waals surface area contributed by atoms with Crippen molar-refractivity contribution in [2.75, 3.05) is 26.2 Å². The van der Waals surface area contributed by atoms with Gasteiger partial charge in [0, 0.05) is 32.7 Å². The zero-order valence-electron chi connectivity index (χ0n) is 16.9. The van der Waals surface area contributed by atoms with E-state index in [0.29, 0.717) is 43.5 Å². The fourth-order valence-electron chi connectivity index (χ4n) is 3.65. The molecule has 8 heteroatoms. The van der Waals surface area contributed by atoms with Gasteiger partial charge in [-0.05, 0) is 43.8 Å². The molecule has 3 aromatic rings. The minimum atomic E-state index is -3.47. The van der Waals surface area contributed by atoms with Crippen LogP contribution in [0.1, 0.15) is 22.6 Å². The summed E-state index contributed by atoms with van der Waals surface area (Å²) in [5.74, 6) is 1.47. The van der Waals surface area contributed by atoms with Crippen molar-refractivity contribution in [3.05, 3.63) is 58.3 Å². The lowest BCUT2D eigenvalue weighted by Crippen LogP contribution is -2.48. The van der Waals surface area contributed by atoms with Crippen LogP contribution in [0, 0.1) is 20.8 Å². The Morgan fingerprint density at radius 3 is 2.52 bits per heavy atom. The largest absolute Gasteiger partial charge is 0.440 e.